The molecule has 0 bridgehead atoms. The third kappa shape index (κ3) is 7.97. The lowest BCUT2D eigenvalue weighted by Gasteiger charge is -2.61. The Morgan fingerprint density at radius 1 is 0.855 bits per heavy atom. The number of phenolic OH excluding ortho intramolecular Hbond substituents is 1. The highest BCUT2D eigenvalue weighted by molar-refractivity contribution is 5.87. The minimum Gasteiger partial charge on any atom is -0.502 e. The molecule has 2 saturated heterocycles. The molecular weight excluding hydrogens is 816 g/mol. The maximum absolute atomic E-state index is 12.7. The van der Waals surface area contributed by atoms with Crippen LogP contribution in [-0.4, -0.2) is 164 Å². The zero-order chi connectivity index (χ0) is 45.1. The van der Waals surface area contributed by atoms with E-state index in [1.165, 1.54) is 39.4 Å². The second kappa shape index (κ2) is 18.0. The number of allylic oxidation sites excluding steroid dienone is 1. The number of ketones is 1. The van der Waals surface area contributed by atoms with Gasteiger partial charge in [0.2, 0.25) is 5.75 Å². The number of phenols is 1. The van der Waals surface area contributed by atoms with Crippen molar-refractivity contribution >= 4 is 17.8 Å². The van der Waals surface area contributed by atoms with Crippen molar-refractivity contribution in [2.75, 3.05) is 27.4 Å². The topological polar surface area (TPSA) is 281 Å². The standard InChI is InChI=1S/C44H62O18/c1-20(46)26-17-31(47)44(55)25-8-7-22-16-23(10-12-42(22,2)24(25)11-13-43(26,44)3)59-41-39(37(53)34(50)29(18-45)60-41)62-40-38(54)36(52)35(51)30(61-40)19-58-32(48)9-6-21-14-27(56-4)33(49)28(15-21)57-5/h6-7,9,14-15,23-26,29-31,34-41,45,47,49-55H,8,10-13,16-19H2,1-5H3/t23-,24+,25-,26+,29-,30+,31+,34-,35+,36-,37+,38+,39+,40-,41+,42+,43-,44-/m1/s1. The van der Waals surface area contributed by atoms with Crippen LogP contribution in [0.4, 0.5) is 0 Å². The lowest BCUT2D eigenvalue weighted by molar-refractivity contribution is -0.372. The third-order valence-corrected chi connectivity index (χ3v) is 15.2. The lowest BCUT2D eigenvalue weighted by Crippen LogP contribution is -2.65. The van der Waals surface area contributed by atoms with Crippen LogP contribution >= 0.6 is 0 Å². The molecule has 9 N–H and O–H groups in total. The van der Waals surface area contributed by atoms with Gasteiger partial charge >= 0.3 is 5.97 Å². The normalized spacial score (nSPS) is 44.1. The average molecular weight is 879 g/mol. The quantitative estimate of drug-likeness (QED) is 0.0772. The number of benzene rings is 1. The first-order valence-corrected chi connectivity index (χ1v) is 21.4. The van der Waals surface area contributed by atoms with Gasteiger partial charge in [0.25, 0.3) is 0 Å². The summed E-state index contributed by atoms with van der Waals surface area (Å²) in [5.74, 6) is -1.58. The van der Waals surface area contributed by atoms with Crippen molar-refractivity contribution in [1.82, 2.24) is 0 Å². The Labute approximate surface area is 359 Å². The number of aromatic hydroxyl groups is 1. The molecule has 4 aliphatic carbocycles. The maximum Gasteiger partial charge on any atom is 0.330 e. The van der Waals surface area contributed by atoms with Gasteiger partial charge in [-0.15, -0.1) is 0 Å². The number of hydrogen-bond donors (Lipinski definition) is 9. The maximum atomic E-state index is 12.7. The summed E-state index contributed by atoms with van der Waals surface area (Å²) in [4.78, 5) is 25.4. The summed E-state index contributed by atoms with van der Waals surface area (Å²) < 4.78 is 39.7. The molecule has 2 aliphatic heterocycles. The largest absolute Gasteiger partial charge is 0.502 e. The van der Waals surface area contributed by atoms with Crippen LogP contribution in [0.2, 0.25) is 0 Å². The van der Waals surface area contributed by atoms with Gasteiger partial charge in [-0.3, -0.25) is 4.79 Å². The zero-order valence-corrected chi connectivity index (χ0v) is 35.6. The van der Waals surface area contributed by atoms with Crippen LogP contribution in [0.3, 0.4) is 0 Å². The monoisotopic (exact) mass is 878 g/mol. The van der Waals surface area contributed by atoms with Gasteiger partial charge in [0.1, 0.15) is 61.2 Å². The number of hydrogen-bond acceptors (Lipinski definition) is 18. The number of rotatable bonds is 12. The fourth-order valence-electron chi connectivity index (χ4n) is 11.6. The summed E-state index contributed by atoms with van der Waals surface area (Å²) in [6, 6.07) is 2.91. The molecule has 3 saturated carbocycles. The van der Waals surface area contributed by atoms with E-state index >= 15 is 0 Å². The number of ether oxygens (including phenoxy) is 7. The van der Waals surface area contributed by atoms with Gasteiger partial charge in [-0.25, -0.2) is 4.79 Å². The van der Waals surface area contributed by atoms with Crippen molar-refractivity contribution in [2.24, 2.45) is 28.6 Å². The summed E-state index contributed by atoms with van der Waals surface area (Å²) >= 11 is 0. The molecule has 18 nitrogen and oxygen atoms in total. The highest BCUT2D eigenvalue weighted by Gasteiger charge is 2.70. The summed E-state index contributed by atoms with van der Waals surface area (Å²) in [6.07, 6.45) is -9.69. The molecular formula is C44H62O18. The highest BCUT2D eigenvalue weighted by Crippen LogP contribution is 2.68. The number of fused-ring (bicyclic) bond motifs is 5. The zero-order valence-electron chi connectivity index (χ0n) is 35.6. The van der Waals surface area contributed by atoms with Gasteiger partial charge in [-0.05, 0) is 92.9 Å². The van der Waals surface area contributed by atoms with Gasteiger partial charge in [0.15, 0.2) is 24.1 Å². The van der Waals surface area contributed by atoms with E-state index in [0.29, 0.717) is 37.7 Å². The van der Waals surface area contributed by atoms with Crippen molar-refractivity contribution in [1.29, 1.82) is 0 Å². The van der Waals surface area contributed by atoms with Crippen LogP contribution in [-0.2, 0) is 33.3 Å². The van der Waals surface area contributed by atoms with Gasteiger partial charge in [0, 0.05) is 17.4 Å². The fourth-order valence-corrected chi connectivity index (χ4v) is 11.6. The van der Waals surface area contributed by atoms with Gasteiger partial charge < -0.3 is 79.1 Å². The van der Waals surface area contributed by atoms with Crippen molar-refractivity contribution < 1.29 is 88.7 Å². The molecule has 346 valence electrons. The highest BCUT2D eigenvalue weighted by atomic mass is 16.8. The molecule has 1 aromatic rings. The second-order valence-electron chi connectivity index (χ2n) is 18.4. The summed E-state index contributed by atoms with van der Waals surface area (Å²) in [7, 11) is 2.70. The summed E-state index contributed by atoms with van der Waals surface area (Å²) in [5, 5.41) is 98.6. The second-order valence-corrected chi connectivity index (χ2v) is 18.4. The van der Waals surface area contributed by atoms with Gasteiger partial charge in [0.05, 0.1) is 38.6 Å². The summed E-state index contributed by atoms with van der Waals surface area (Å²) in [5.41, 5.74) is -0.994. The van der Waals surface area contributed by atoms with E-state index in [1.54, 1.807) is 0 Å². The Hall–Kier alpha value is -3.24. The average Bonchev–Trinajstić information content (AvgIpc) is 3.47. The molecule has 0 amide bonds. The van der Waals surface area contributed by atoms with Crippen LogP contribution < -0.4 is 9.47 Å². The molecule has 0 unspecified atom stereocenters. The SMILES string of the molecule is COc1cc(C=CC(=O)OC[C@@H]2O[C@H](O[C@@H]3[C@@H](O[C@@H]4CC[C@@]5(C)C(=CC[C@@H]6[C@@H]5CC[C@]5(C)[C@H](C(C)=O)C[C@H](O)[C@]65O)C4)O[C@H](CO)[C@@H](O)[C@@H]3O)[C@@H](O)[C@H](O)[C@H]2O)cc(OC)c1O. The van der Waals surface area contributed by atoms with E-state index in [0.717, 1.165) is 18.1 Å². The Morgan fingerprint density at radius 2 is 1.52 bits per heavy atom. The molecule has 0 radical (unpaired) electrons. The van der Waals surface area contributed by atoms with Crippen LogP contribution in [0.1, 0.15) is 71.3 Å². The Balaban J connectivity index is 1.03. The molecule has 18 heteroatoms. The van der Waals surface area contributed by atoms with E-state index in [4.69, 9.17) is 33.2 Å². The smallest absolute Gasteiger partial charge is 0.330 e. The first-order valence-electron chi connectivity index (χ1n) is 21.4. The van der Waals surface area contributed by atoms with Crippen molar-refractivity contribution in [3.05, 3.63) is 35.4 Å². The van der Waals surface area contributed by atoms with E-state index in [2.05, 4.69) is 13.0 Å². The Kier molecular flexibility index (Phi) is 13.5. The molecule has 1 aromatic carbocycles. The Morgan fingerprint density at radius 3 is 2.16 bits per heavy atom. The van der Waals surface area contributed by atoms with Gasteiger partial charge in [-0.2, -0.15) is 0 Å². The number of methoxy groups -OCH3 is 2. The number of esters is 1. The van der Waals surface area contributed by atoms with Gasteiger partial charge in [-0.1, -0.05) is 25.5 Å². The number of carbonyl (C=O) groups excluding carboxylic acids is 2. The molecule has 5 fully saturated rings. The molecule has 7 rings (SSSR count). The number of aliphatic hydroxyl groups is 8. The first kappa shape index (κ1) is 46.7. The van der Waals surface area contributed by atoms with E-state index in [9.17, 15) is 55.5 Å². The predicted molar refractivity (Wildman–Crippen MR) is 214 cm³/mol. The minimum absolute atomic E-state index is 0.0231. The number of aliphatic hydroxyl groups excluding tert-OH is 7. The van der Waals surface area contributed by atoms with Crippen LogP contribution in [0.25, 0.3) is 6.08 Å². The van der Waals surface area contributed by atoms with Crippen LogP contribution in [0, 0.1) is 28.6 Å². The minimum atomic E-state index is -1.89. The first-order chi connectivity index (χ1) is 29.3. The molecule has 6 aliphatic rings. The molecule has 62 heavy (non-hydrogen) atoms. The fraction of sp³-hybridized carbons (Fsp3) is 0.727. The molecule has 0 aromatic heterocycles. The third-order valence-electron chi connectivity index (χ3n) is 15.2. The van der Waals surface area contributed by atoms with Crippen LogP contribution in [0.5, 0.6) is 17.2 Å². The lowest BCUT2D eigenvalue weighted by atomic mass is 9.45. The van der Waals surface area contributed by atoms with Crippen LogP contribution in [0.15, 0.2) is 29.9 Å². The van der Waals surface area contributed by atoms with Crippen molar-refractivity contribution in [2.45, 2.75) is 145 Å². The van der Waals surface area contributed by atoms with Crippen molar-refractivity contribution in [3.8, 4) is 17.2 Å². The number of Topliss-reactive ketones (excluding diaryl/α,β-unsaturated/α-hetero) is 1. The molecule has 18 atom stereocenters. The Bertz CT molecular complexity index is 1850. The molecule has 0 spiro atoms. The van der Waals surface area contributed by atoms with Crippen molar-refractivity contribution in [3.63, 3.8) is 0 Å². The molecule has 2 heterocycles. The van der Waals surface area contributed by atoms with E-state index < -0.39 is 110 Å². The summed E-state index contributed by atoms with van der Waals surface area (Å²) in [6.45, 7) is 4.35. The number of carbonyl (C=O) groups is 2. The van der Waals surface area contributed by atoms with E-state index in [-0.39, 0.29) is 46.7 Å². The predicted octanol–water partition coefficient (Wildman–Crippen LogP) is 0.237. The van der Waals surface area contributed by atoms with E-state index in [1.807, 2.05) is 6.92 Å².